The minimum Gasteiger partial charge on any atom is -0.447 e. The van der Waals surface area contributed by atoms with Gasteiger partial charge in [-0.1, -0.05) is 23.8 Å². The van der Waals surface area contributed by atoms with E-state index in [2.05, 4.69) is 5.32 Å². The Bertz CT molecular complexity index is 772. The number of hydrogen-bond acceptors (Lipinski definition) is 4. The van der Waals surface area contributed by atoms with Gasteiger partial charge < -0.3 is 9.47 Å². The number of hydrogen-bond donors (Lipinski definition) is 1. The zero-order valence-electron chi connectivity index (χ0n) is 15.5. The number of ether oxygens (including phenoxy) is 2. The Morgan fingerprint density at radius 2 is 1.73 bits per heavy atom. The van der Waals surface area contributed by atoms with Gasteiger partial charge in [0.25, 0.3) is 0 Å². The molecule has 0 aliphatic heterocycles. The van der Waals surface area contributed by atoms with Crippen molar-refractivity contribution in [3.63, 3.8) is 0 Å². The quantitative estimate of drug-likeness (QED) is 0.788. The van der Waals surface area contributed by atoms with E-state index in [0.29, 0.717) is 18.0 Å². The van der Waals surface area contributed by atoms with Gasteiger partial charge in [-0.2, -0.15) is 0 Å². The van der Waals surface area contributed by atoms with Gasteiger partial charge in [0.05, 0.1) is 12.3 Å². The molecule has 138 valence electrons. The van der Waals surface area contributed by atoms with Crippen LogP contribution in [-0.4, -0.2) is 32.3 Å². The number of amides is 2. The zero-order chi connectivity index (χ0) is 19.1. The fourth-order valence-electron chi connectivity index (χ4n) is 2.48. The number of methoxy groups -OCH3 is 1. The second kappa shape index (κ2) is 9.01. The second-order valence-electron chi connectivity index (χ2n) is 5.94. The summed E-state index contributed by atoms with van der Waals surface area (Å²) >= 11 is 0. The van der Waals surface area contributed by atoms with Gasteiger partial charge >= 0.3 is 6.09 Å². The van der Waals surface area contributed by atoms with E-state index < -0.39 is 6.09 Å². The van der Waals surface area contributed by atoms with Crippen LogP contribution in [0.15, 0.2) is 42.5 Å². The predicted molar refractivity (Wildman–Crippen MR) is 102 cm³/mol. The second-order valence-corrected chi connectivity index (χ2v) is 5.94. The van der Waals surface area contributed by atoms with E-state index in [0.717, 1.165) is 16.8 Å². The summed E-state index contributed by atoms with van der Waals surface area (Å²) in [4.78, 5) is 25.7. The molecular weight excluding hydrogens is 332 g/mol. The highest BCUT2D eigenvalue weighted by Gasteiger charge is 2.17. The third kappa shape index (κ3) is 5.07. The van der Waals surface area contributed by atoms with Crippen LogP contribution in [0.3, 0.4) is 0 Å². The van der Waals surface area contributed by atoms with Crippen LogP contribution in [0.1, 0.15) is 18.1 Å². The first-order chi connectivity index (χ1) is 12.4. The van der Waals surface area contributed by atoms with E-state index in [-0.39, 0.29) is 12.5 Å². The van der Waals surface area contributed by atoms with E-state index in [4.69, 9.17) is 9.47 Å². The first-order valence-corrected chi connectivity index (χ1v) is 8.33. The summed E-state index contributed by atoms with van der Waals surface area (Å²) in [7, 11) is 1.54. The Labute approximate surface area is 153 Å². The molecule has 1 N–H and O–H groups in total. The van der Waals surface area contributed by atoms with Crippen molar-refractivity contribution in [2.45, 2.75) is 20.8 Å². The van der Waals surface area contributed by atoms with Gasteiger partial charge in [0.1, 0.15) is 6.61 Å². The van der Waals surface area contributed by atoms with Gasteiger partial charge in [-0.3, -0.25) is 15.0 Å². The van der Waals surface area contributed by atoms with Crippen LogP contribution in [0.2, 0.25) is 0 Å². The number of nitrogens with zero attached hydrogens (tertiary/aromatic N) is 1. The first kappa shape index (κ1) is 19.5. The van der Waals surface area contributed by atoms with Crippen LogP contribution in [-0.2, 0) is 14.3 Å². The molecule has 0 aliphatic carbocycles. The van der Waals surface area contributed by atoms with Crippen molar-refractivity contribution < 1.29 is 19.1 Å². The number of benzene rings is 2. The van der Waals surface area contributed by atoms with Crippen LogP contribution < -0.4 is 10.2 Å². The average molecular weight is 356 g/mol. The highest BCUT2D eigenvalue weighted by Crippen LogP contribution is 2.31. The lowest BCUT2D eigenvalue weighted by Gasteiger charge is -2.24. The molecule has 0 radical (unpaired) electrons. The summed E-state index contributed by atoms with van der Waals surface area (Å²) in [6, 6.07) is 13.1. The first-order valence-electron chi connectivity index (χ1n) is 8.33. The van der Waals surface area contributed by atoms with E-state index in [9.17, 15) is 9.59 Å². The Balaban J connectivity index is 2.27. The molecule has 0 saturated carbocycles. The van der Waals surface area contributed by atoms with Crippen LogP contribution in [0.5, 0.6) is 0 Å². The molecule has 0 unspecified atom stereocenters. The molecule has 0 atom stereocenters. The molecule has 0 heterocycles. The predicted octanol–water partition coefficient (Wildman–Crippen LogP) is 4.18. The molecule has 2 rings (SSSR count). The van der Waals surface area contributed by atoms with Crippen LogP contribution >= 0.6 is 0 Å². The molecule has 6 nitrogen and oxygen atoms in total. The molecule has 0 aromatic heterocycles. The zero-order valence-corrected chi connectivity index (χ0v) is 15.5. The molecule has 26 heavy (non-hydrogen) atoms. The lowest BCUT2D eigenvalue weighted by atomic mass is 10.1. The standard InChI is InChI=1S/C20H24N2O4/c1-14-5-9-18(10-6-14)22(16(3)23)19-13-17(8-7-15(19)2)21-20(24)26-12-11-25-4/h5-10,13H,11-12H2,1-4H3,(H,21,24). The Morgan fingerprint density at radius 3 is 2.35 bits per heavy atom. The van der Waals surface area contributed by atoms with Gasteiger partial charge in [0.15, 0.2) is 0 Å². The summed E-state index contributed by atoms with van der Waals surface area (Å²) in [6.45, 7) is 5.92. The molecule has 0 bridgehead atoms. The number of carbonyl (C=O) groups excluding carboxylic acids is 2. The van der Waals surface area contributed by atoms with E-state index in [1.54, 1.807) is 17.0 Å². The molecule has 0 aliphatic rings. The van der Waals surface area contributed by atoms with Crippen molar-refractivity contribution in [3.05, 3.63) is 53.6 Å². The third-order valence-corrected chi connectivity index (χ3v) is 3.82. The normalized spacial score (nSPS) is 10.3. The summed E-state index contributed by atoms with van der Waals surface area (Å²) < 4.78 is 9.85. The smallest absolute Gasteiger partial charge is 0.411 e. The molecular formula is C20H24N2O4. The van der Waals surface area contributed by atoms with Crippen molar-refractivity contribution in [2.24, 2.45) is 0 Å². The van der Waals surface area contributed by atoms with E-state index in [1.165, 1.54) is 14.0 Å². The summed E-state index contributed by atoms with van der Waals surface area (Å²) in [5.41, 5.74) is 4.05. The molecule has 0 spiro atoms. The van der Waals surface area contributed by atoms with Crippen LogP contribution in [0, 0.1) is 13.8 Å². The molecule has 2 aromatic rings. The molecule has 0 fully saturated rings. The van der Waals surface area contributed by atoms with Gasteiger partial charge in [0, 0.05) is 25.4 Å². The summed E-state index contributed by atoms with van der Waals surface area (Å²) in [5, 5.41) is 2.67. The van der Waals surface area contributed by atoms with E-state index >= 15 is 0 Å². The van der Waals surface area contributed by atoms with Crippen molar-refractivity contribution in [2.75, 3.05) is 30.5 Å². The SMILES string of the molecule is COCCOC(=O)Nc1ccc(C)c(N(C(C)=O)c2ccc(C)cc2)c1. The number of rotatable bonds is 6. The summed E-state index contributed by atoms with van der Waals surface area (Å²) in [5.74, 6) is -0.114. The molecule has 2 amide bonds. The number of anilines is 3. The summed E-state index contributed by atoms with van der Waals surface area (Å²) in [6.07, 6.45) is -0.568. The molecule has 2 aromatic carbocycles. The van der Waals surface area contributed by atoms with Crippen molar-refractivity contribution in [1.29, 1.82) is 0 Å². The number of carbonyl (C=O) groups is 2. The minimum atomic E-state index is -0.568. The topological polar surface area (TPSA) is 67.9 Å². The highest BCUT2D eigenvalue weighted by atomic mass is 16.6. The van der Waals surface area contributed by atoms with Crippen molar-refractivity contribution in [1.82, 2.24) is 0 Å². The lowest BCUT2D eigenvalue weighted by molar-refractivity contribution is -0.115. The van der Waals surface area contributed by atoms with E-state index in [1.807, 2.05) is 44.2 Å². The van der Waals surface area contributed by atoms with Crippen LogP contribution in [0.4, 0.5) is 21.9 Å². The Kier molecular flexibility index (Phi) is 6.74. The maximum absolute atomic E-state index is 12.3. The van der Waals surface area contributed by atoms with Gasteiger partial charge in [-0.25, -0.2) is 4.79 Å². The maximum atomic E-state index is 12.3. The van der Waals surface area contributed by atoms with Crippen molar-refractivity contribution in [3.8, 4) is 0 Å². The van der Waals surface area contributed by atoms with Gasteiger partial charge in [-0.05, 0) is 43.7 Å². The monoisotopic (exact) mass is 356 g/mol. The largest absolute Gasteiger partial charge is 0.447 e. The Hall–Kier alpha value is -2.86. The number of nitrogens with one attached hydrogen (secondary N) is 1. The Morgan fingerprint density at radius 1 is 1.04 bits per heavy atom. The molecule has 0 saturated heterocycles. The highest BCUT2D eigenvalue weighted by molar-refractivity contribution is 6.00. The maximum Gasteiger partial charge on any atom is 0.411 e. The van der Waals surface area contributed by atoms with Crippen LogP contribution in [0.25, 0.3) is 0 Å². The van der Waals surface area contributed by atoms with Crippen molar-refractivity contribution >= 4 is 29.1 Å². The fraction of sp³-hybridized carbons (Fsp3) is 0.300. The van der Waals surface area contributed by atoms with Gasteiger partial charge in [0.2, 0.25) is 5.91 Å². The molecule has 6 heteroatoms. The number of aryl methyl sites for hydroxylation is 2. The third-order valence-electron chi connectivity index (χ3n) is 3.82. The average Bonchev–Trinajstić information content (AvgIpc) is 2.59. The fourth-order valence-corrected chi connectivity index (χ4v) is 2.48. The minimum absolute atomic E-state index is 0.114. The lowest BCUT2D eigenvalue weighted by Crippen LogP contribution is -2.24. The van der Waals surface area contributed by atoms with Gasteiger partial charge in [-0.15, -0.1) is 0 Å².